The van der Waals surface area contributed by atoms with Crippen LogP contribution in [0.1, 0.15) is 28.8 Å². The maximum atomic E-state index is 11.8. The number of furan rings is 1. The average molecular weight is 328 g/mol. The average Bonchev–Trinajstić information content (AvgIpc) is 3.31. The molecule has 0 aliphatic carbocycles. The van der Waals surface area contributed by atoms with Gasteiger partial charge >= 0.3 is 0 Å². The number of carbonyl (C=O) groups excluding carboxylic acids is 2. The number of amides is 2. The van der Waals surface area contributed by atoms with Gasteiger partial charge in [-0.25, -0.2) is 4.98 Å². The van der Waals surface area contributed by atoms with E-state index in [2.05, 4.69) is 20.5 Å². The van der Waals surface area contributed by atoms with E-state index in [4.69, 9.17) is 4.42 Å². The molecule has 0 unspecified atom stereocenters. The number of nitrogens with zero attached hydrogens (tertiary/aromatic N) is 2. The highest BCUT2D eigenvalue weighted by molar-refractivity contribution is 5.96. The molecule has 1 aliphatic heterocycles. The zero-order valence-electron chi connectivity index (χ0n) is 13.3. The Morgan fingerprint density at radius 3 is 2.67 bits per heavy atom. The van der Waals surface area contributed by atoms with Gasteiger partial charge in [-0.2, -0.15) is 0 Å². The topological polar surface area (TPSA) is 87.5 Å². The lowest BCUT2D eigenvalue weighted by molar-refractivity contribution is -0.120. The van der Waals surface area contributed by atoms with Crippen LogP contribution in [0.5, 0.6) is 0 Å². The van der Waals surface area contributed by atoms with Gasteiger partial charge in [0.1, 0.15) is 12.1 Å². The number of hydrogen-bond donors (Lipinski definition) is 2. The summed E-state index contributed by atoms with van der Waals surface area (Å²) in [7, 11) is 0. The third kappa shape index (κ3) is 4.13. The number of pyridine rings is 1. The van der Waals surface area contributed by atoms with E-state index in [9.17, 15) is 9.59 Å². The second-order valence-corrected chi connectivity index (χ2v) is 5.69. The van der Waals surface area contributed by atoms with Crippen LogP contribution in [0.2, 0.25) is 0 Å². The molecule has 1 saturated heterocycles. The number of hydrogen-bond acceptors (Lipinski definition) is 5. The Morgan fingerprint density at radius 2 is 2.00 bits per heavy atom. The second kappa shape index (κ2) is 7.63. The Hall–Kier alpha value is -2.83. The standard InChI is InChI=1S/C17H20N4O3/c22-16(11-20-17(23)14-5-8-24-12-14)19-10-13-3-4-15(18-9-13)21-6-1-2-7-21/h3-5,8-9,12H,1-2,6-7,10-11H2,(H,19,22)(H,20,23). The third-order valence-corrected chi connectivity index (χ3v) is 3.92. The summed E-state index contributed by atoms with van der Waals surface area (Å²) in [5.41, 5.74) is 1.32. The van der Waals surface area contributed by atoms with Crippen LogP contribution in [-0.4, -0.2) is 36.4 Å². The molecule has 0 bridgehead atoms. The molecule has 0 saturated carbocycles. The molecule has 3 heterocycles. The first kappa shape index (κ1) is 16.0. The molecule has 24 heavy (non-hydrogen) atoms. The van der Waals surface area contributed by atoms with Crippen molar-refractivity contribution in [3.8, 4) is 0 Å². The first-order chi connectivity index (χ1) is 11.7. The van der Waals surface area contributed by atoms with E-state index in [1.165, 1.54) is 25.4 Å². The minimum atomic E-state index is -0.337. The molecular formula is C17H20N4O3. The summed E-state index contributed by atoms with van der Waals surface area (Å²) in [6, 6.07) is 5.49. The predicted octanol–water partition coefficient (Wildman–Crippen LogP) is 1.32. The van der Waals surface area contributed by atoms with Crippen molar-refractivity contribution in [3.63, 3.8) is 0 Å². The maximum absolute atomic E-state index is 11.8. The van der Waals surface area contributed by atoms with E-state index in [0.717, 1.165) is 24.5 Å². The Bertz CT molecular complexity index is 676. The molecule has 0 aromatic carbocycles. The fraction of sp³-hybridized carbons (Fsp3) is 0.353. The summed E-state index contributed by atoms with van der Waals surface area (Å²) in [6.45, 7) is 2.41. The van der Waals surface area contributed by atoms with Gasteiger partial charge in [0.25, 0.3) is 5.91 Å². The highest BCUT2D eigenvalue weighted by atomic mass is 16.3. The molecule has 7 nitrogen and oxygen atoms in total. The van der Waals surface area contributed by atoms with Crippen molar-refractivity contribution in [2.45, 2.75) is 19.4 Å². The summed E-state index contributed by atoms with van der Waals surface area (Å²) >= 11 is 0. The molecule has 2 aromatic heterocycles. The fourth-order valence-electron chi connectivity index (χ4n) is 2.57. The van der Waals surface area contributed by atoms with Gasteiger partial charge in [0.05, 0.1) is 18.4 Å². The van der Waals surface area contributed by atoms with Crippen LogP contribution in [0.15, 0.2) is 41.3 Å². The predicted molar refractivity (Wildman–Crippen MR) is 88.6 cm³/mol. The molecular weight excluding hydrogens is 308 g/mol. The summed E-state index contributed by atoms with van der Waals surface area (Å²) in [6.07, 6.45) is 6.95. The van der Waals surface area contributed by atoms with Crippen molar-refractivity contribution in [1.29, 1.82) is 0 Å². The van der Waals surface area contributed by atoms with E-state index in [-0.39, 0.29) is 18.4 Å². The Balaban J connectivity index is 1.41. The van der Waals surface area contributed by atoms with Gasteiger partial charge in [0.15, 0.2) is 0 Å². The fourth-order valence-corrected chi connectivity index (χ4v) is 2.57. The summed E-state index contributed by atoms with van der Waals surface area (Å²) < 4.78 is 4.82. The smallest absolute Gasteiger partial charge is 0.254 e. The van der Waals surface area contributed by atoms with Crippen molar-refractivity contribution in [3.05, 3.63) is 48.0 Å². The second-order valence-electron chi connectivity index (χ2n) is 5.69. The van der Waals surface area contributed by atoms with Gasteiger partial charge in [0.2, 0.25) is 5.91 Å². The van der Waals surface area contributed by atoms with Gasteiger partial charge < -0.3 is 20.0 Å². The maximum Gasteiger partial charge on any atom is 0.254 e. The lowest BCUT2D eigenvalue weighted by Gasteiger charge is -2.16. The molecule has 0 spiro atoms. The van der Waals surface area contributed by atoms with Crippen LogP contribution in [-0.2, 0) is 11.3 Å². The molecule has 7 heteroatoms. The van der Waals surface area contributed by atoms with Gasteiger partial charge in [0, 0.05) is 25.8 Å². The van der Waals surface area contributed by atoms with Crippen LogP contribution >= 0.6 is 0 Å². The lowest BCUT2D eigenvalue weighted by atomic mass is 10.2. The monoisotopic (exact) mass is 328 g/mol. The third-order valence-electron chi connectivity index (χ3n) is 3.92. The quantitative estimate of drug-likeness (QED) is 0.835. The van der Waals surface area contributed by atoms with Crippen molar-refractivity contribution < 1.29 is 14.0 Å². The lowest BCUT2D eigenvalue weighted by Crippen LogP contribution is -2.36. The molecule has 0 radical (unpaired) electrons. The van der Waals surface area contributed by atoms with E-state index in [0.29, 0.717) is 12.1 Å². The van der Waals surface area contributed by atoms with E-state index in [1.807, 2.05) is 12.1 Å². The van der Waals surface area contributed by atoms with Crippen molar-refractivity contribution in [2.75, 3.05) is 24.5 Å². The molecule has 1 aliphatic rings. The van der Waals surface area contributed by atoms with E-state index >= 15 is 0 Å². The SMILES string of the molecule is O=C(CNC(=O)c1ccoc1)NCc1ccc(N2CCCC2)nc1. The number of nitrogens with one attached hydrogen (secondary N) is 2. The van der Waals surface area contributed by atoms with Crippen molar-refractivity contribution in [2.24, 2.45) is 0 Å². The van der Waals surface area contributed by atoms with Crippen LogP contribution in [0.4, 0.5) is 5.82 Å². The summed E-state index contributed by atoms with van der Waals surface area (Å²) in [5, 5.41) is 5.29. The Kier molecular flexibility index (Phi) is 5.10. The molecule has 126 valence electrons. The van der Waals surface area contributed by atoms with E-state index in [1.54, 1.807) is 12.3 Å². The zero-order valence-corrected chi connectivity index (χ0v) is 13.3. The van der Waals surface area contributed by atoms with Gasteiger partial charge in [-0.15, -0.1) is 0 Å². The minimum Gasteiger partial charge on any atom is -0.472 e. The molecule has 2 amide bonds. The molecule has 0 atom stereocenters. The molecule has 2 N–H and O–H groups in total. The number of rotatable bonds is 6. The van der Waals surface area contributed by atoms with Crippen molar-refractivity contribution >= 4 is 17.6 Å². The van der Waals surface area contributed by atoms with Crippen LogP contribution in [0, 0.1) is 0 Å². The summed E-state index contributed by atoms with van der Waals surface area (Å²) in [5.74, 6) is 0.390. The molecule has 1 fully saturated rings. The highest BCUT2D eigenvalue weighted by Gasteiger charge is 2.13. The van der Waals surface area contributed by atoms with Crippen LogP contribution in [0.3, 0.4) is 0 Å². The number of anilines is 1. The normalized spacial score (nSPS) is 13.8. The molecule has 2 aromatic rings. The largest absolute Gasteiger partial charge is 0.472 e. The van der Waals surface area contributed by atoms with Gasteiger partial charge in [-0.3, -0.25) is 9.59 Å². The van der Waals surface area contributed by atoms with Crippen LogP contribution in [0.25, 0.3) is 0 Å². The first-order valence-corrected chi connectivity index (χ1v) is 7.99. The Labute approximate surface area is 140 Å². The van der Waals surface area contributed by atoms with Gasteiger partial charge in [-0.1, -0.05) is 6.07 Å². The highest BCUT2D eigenvalue weighted by Crippen LogP contribution is 2.17. The molecule has 3 rings (SSSR count). The van der Waals surface area contributed by atoms with Gasteiger partial charge in [-0.05, 0) is 30.5 Å². The number of carbonyl (C=O) groups is 2. The number of aromatic nitrogens is 1. The van der Waals surface area contributed by atoms with Crippen LogP contribution < -0.4 is 15.5 Å². The minimum absolute atomic E-state index is 0.0801. The zero-order chi connectivity index (χ0) is 16.8. The summed E-state index contributed by atoms with van der Waals surface area (Å²) in [4.78, 5) is 30.2. The first-order valence-electron chi connectivity index (χ1n) is 7.99. The van der Waals surface area contributed by atoms with Crippen molar-refractivity contribution in [1.82, 2.24) is 15.6 Å². The Morgan fingerprint density at radius 1 is 1.17 bits per heavy atom. The van der Waals surface area contributed by atoms with E-state index < -0.39 is 0 Å².